The van der Waals surface area contributed by atoms with Crippen molar-refractivity contribution < 1.29 is 13.2 Å². The maximum Gasteiger partial charge on any atom is 0.261 e. The number of carbonyl (C=O) groups excluding carboxylic acids is 1. The monoisotopic (exact) mass is 315 g/mol. The summed E-state index contributed by atoms with van der Waals surface area (Å²) in [5.41, 5.74) is 1.27. The minimum absolute atomic E-state index is 0.0408. The first-order valence-electron chi connectivity index (χ1n) is 6.60. The van der Waals surface area contributed by atoms with Crippen LogP contribution in [-0.2, 0) is 9.05 Å². The maximum atomic E-state index is 12.1. The molecule has 1 aliphatic rings. The maximum absolute atomic E-state index is 12.1. The van der Waals surface area contributed by atoms with E-state index in [0.29, 0.717) is 17.7 Å². The Morgan fingerprint density at radius 3 is 2.50 bits per heavy atom. The van der Waals surface area contributed by atoms with E-state index in [4.69, 9.17) is 10.7 Å². The molecule has 4 nitrogen and oxygen atoms in total. The van der Waals surface area contributed by atoms with Gasteiger partial charge in [-0.2, -0.15) is 0 Å². The first-order valence-corrected chi connectivity index (χ1v) is 8.91. The number of amides is 1. The molecule has 1 amide bonds. The minimum Gasteiger partial charge on any atom is -0.351 e. The van der Waals surface area contributed by atoms with Crippen LogP contribution >= 0.6 is 10.7 Å². The van der Waals surface area contributed by atoms with E-state index >= 15 is 0 Å². The van der Waals surface area contributed by atoms with Gasteiger partial charge < -0.3 is 5.32 Å². The highest BCUT2D eigenvalue weighted by Crippen LogP contribution is 2.47. The molecule has 1 aromatic carbocycles. The van der Waals surface area contributed by atoms with Gasteiger partial charge in [0, 0.05) is 22.8 Å². The summed E-state index contributed by atoms with van der Waals surface area (Å²) in [6.45, 7) is 4.49. The molecule has 2 rings (SSSR count). The highest BCUT2D eigenvalue weighted by Gasteiger charge is 2.40. The van der Waals surface area contributed by atoms with Gasteiger partial charge in [0.15, 0.2) is 0 Å². The summed E-state index contributed by atoms with van der Waals surface area (Å²) in [7, 11) is 1.51. The smallest absolute Gasteiger partial charge is 0.261 e. The van der Waals surface area contributed by atoms with Gasteiger partial charge in [-0.05, 0) is 55.4 Å². The Morgan fingerprint density at radius 2 is 2.00 bits per heavy atom. The topological polar surface area (TPSA) is 63.2 Å². The third kappa shape index (κ3) is 3.52. The van der Waals surface area contributed by atoms with E-state index in [2.05, 4.69) is 12.2 Å². The molecule has 110 valence electrons. The largest absolute Gasteiger partial charge is 0.351 e. The molecule has 0 saturated heterocycles. The summed E-state index contributed by atoms with van der Waals surface area (Å²) in [6.07, 6.45) is 3.32. The van der Waals surface area contributed by atoms with Gasteiger partial charge in [-0.3, -0.25) is 4.79 Å². The van der Waals surface area contributed by atoms with Gasteiger partial charge in [-0.15, -0.1) is 0 Å². The summed E-state index contributed by atoms with van der Waals surface area (Å²) in [5, 5.41) is 2.88. The highest BCUT2D eigenvalue weighted by molar-refractivity contribution is 8.13. The first-order chi connectivity index (χ1) is 9.26. The van der Waals surface area contributed by atoms with Crippen LogP contribution in [0.3, 0.4) is 0 Å². The van der Waals surface area contributed by atoms with Gasteiger partial charge in [0.25, 0.3) is 15.0 Å². The molecule has 0 radical (unpaired) electrons. The van der Waals surface area contributed by atoms with E-state index in [1.54, 1.807) is 13.0 Å². The predicted molar refractivity (Wildman–Crippen MR) is 78.5 cm³/mol. The average molecular weight is 316 g/mol. The zero-order chi connectivity index (χ0) is 15.0. The van der Waals surface area contributed by atoms with Crippen molar-refractivity contribution in [1.82, 2.24) is 5.32 Å². The lowest BCUT2D eigenvalue weighted by atomic mass is 10.0. The fourth-order valence-electron chi connectivity index (χ4n) is 2.22. The number of carbonyl (C=O) groups is 1. The molecule has 1 fully saturated rings. The van der Waals surface area contributed by atoms with Crippen LogP contribution in [0.15, 0.2) is 23.1 Å². The van der Waals surface area contributed by atoms with E-state index in [1.807, 2.05) is 0 Å². The Bertz CT molecular complexity index is 636. The van der Waals surface area contributed by atoms with Crippen LogP contribution in [0.2, 0.25) is 0 Å². The van der Waals surface area contributed by atoms with Crippen molar-refractivity contribution in [3.05, 3.63) is 29.3 Å². The van der Waals surface area contributed by atoms with Crippen molar-refractivity contribution in [3.8, 4) is 0 Å². The second kappa shape index (κ2) is 5.37. The molecule has 6 heteroatoms. The number of nitrogens with one attached hydrogen (secondary N) is 1. The van der Waals surface area contributed by atoms with Crippen molar-refractivity contribution in [1.29, 1.82) is 0 Å². The van der Waals surface area contributed by atoms with Crippen LogP contribution in [0.5, 0.6) is 0 Å². The molecule has 0 heterocycles. The standard InChI is InChI=1S/C14H18ClNO3S/c1-3-14(4-5-14)9-16-13(17)11-6-10(2)7-12(8-11)20(15,18)19/h6-8H,3-5,9H2,1-2H3,(H,16,17). The van der Waals surface area contributed by atoms with Gasteiger partial charge in [0.2, 0.25) is 0 Å². The minimum atomic E-state index is -3.82. The van der Waals surface area contributed by atoms with Crippen molar-refractivity contribution in [3.63, 3.8) is 0 Å². The van der Waals surface area contributed by atoms with Crippen LogP contribution < -0.4 is 5.32 Å². The summed E-state index contributed by atoms with van der Waals surface area (Å²) in [5.74, 6) is -0.255. The van der Waals surface area contributed by atoms with Gasteiger partial charge in [0.1, 0.15) is 0 Å². The summed E-state index contributed by atoms with van der Waals surface area (Å²) < 4.78 is 22.7. The Balaban J connectivity index is 2.16. The van der Waals surface area contributed by atoms with Gasteiger partial charge >= 0.3 is 0 Å². The van der Waals surface area contributed by atoms with Crippen LogP contribution in [0, 0.1) is 12.3 Å². The summed E-state index contributed by atoms with van der Waals surface area (Å²) >= 11 is 0. The van der Waals surface area contributed by atoms with Crippen LogP contribution in [0.25, 0.3) is 0 Å². The van der Waals surface area contributed by atoms with Gasteiger partial charge in [-0.25, -0.2) is 8.42 Å². The molecule has 1 N–H and O–H groups in total. The molecular weight excluding hydrogens is 298 g/mol. The average Bonchev–Trinajstić information content (AvgIpc) is 3.15. The summed E-state index contributed by atoms with van der Waals surface area (Å²) in [4.78, 5) is 12.1. The number of benzene rings is 1. The van der Waals surface area contributed by atoms with E-state index in [1.165, 1.54) is 12.1 Å². The number of hydrogen-bond donors (Lipinski definition) is 1. The molecule has 20 heavy (non-hydrogen) atoms. The Kier molecular flexibility index (Phi) is 4.12. The lowest BCUT2D eigenvalue weighted by Gasteiger charge is -2.14. The Labute approximate surface area is 123 Å². The normalized spacial score (nSPS) is 16.8. The molecule has 1 saturated carbocycles. The van der Waals surface area contributed by atoms with E-state index < -0.39 is 9.05 Å². The fourth-order valence-corrected chi connectivity index (χ4v) is 3.08. The highest BCUT2D eigenvalue weighted by atomic mass is 35.7. The molecule has 0 atom stereocenters. The molecular formula is C14H18ClNO3S. The second-order valence-corrected chi connectivity index (χ2v) is 8.07. The molecule has 1 aliphatic carbocycles. The quantitative estimate of drug-likeness (QED) is 0.850. The molecule has 0 aliphatic heterocycles. The van der Waals surface area contributed by atoms with Crippen molar-refractivity contribution in [2.75, 3.05) is 6.54 Å². The number of aryl methyl sites for hydroxylation is 1. The Hall–Kier alpha value is -1.07. The van der Waals surface area contributed by atoms with Crippen molar-refractivity contribution in [2.45, 2.75) is 38.0 Å². The molecule has 0 bridgehead atoms. The predicted octanol–water partition coefficient (Wildman–Crippen LogP) is 2.84. The fraction of sp³-hybridized carbons (Fsp3) is 0.500. The van der Waals surface area contributed by atoms with E-state index in [0.717, 1.165) is 19.3 Å². The third-order valence-corrected chi connectivity index (χ3v) is 5.26. The van der Waals surface area contributed by atoms with Crippen LogP contribution in [0.1, 0.15) is 42.1 Å². The number of rotatable bonds is 5. The second-order valence-electron chi connectivity index (χ2n) is 5.51. The number of hydrogen-bond acceptors (Lipinski definition) is 3. The number of halogens is 1. The molecule has 1 aromatic rings. The summed E-state index contributed by atoms with van der Waals surface area (Å²) in [6, 6.07) is 4.43. The lowest BCUT2D eigenvalue weighted by Crippen LogP contribution is -2.30. The first kappa shape index (κ1) is 15.3. The van der Waals surface area contributed by atoms with Gasteiger partial charge in [-0.1, -0.05) is 6.92 Å². The zero-order valence-corrected chi connectivity index (χ0v) is 13.1. The molecule has 0 spiro atoms. The zero-order valence-electron chi connectivity index (χ0n) is 11.6. The molecule has 0 aromatic heterocycles. The van der Waals surface area contributed by atoms with Gasteiger partial charge in [0.05, 0.1) is 4.90 Å². The SMILES string of the molecule is CCC1(CNC(=O)c2cc(C)cc(S(=O)(=O)Cl)c2)CC1. The molecule has 0 unspecified atom stereocenters. The van der Waals surface area contributed by atoms with Crippen LogP contribution in [0.4, 0.5) is 0 Å². The third-order valence-electron chi connectivity index (χ3n) is 3.93. The van der Waals surface area contributed by atoms with Crippen LogP contribution in [-0.4, -0.2) is 20.9 Å². The van der Waals surface area contributed by atoms with Crippen molar-refractivity contribution >= 4 is 25.6 Å². The van der Waals surface area contributed by atoms with E-state index in [-0.39, 0.29) is 16.2 Å². The Morgan fingerprint density at radius 1 is 1.35 bits per heavy atom. The lowest BCUT2D eigenvalue weighted by molar-refractivity contribution is 0.0944. The van der Waals surface area contributed by atoms with E-state index in [9.17, 15) is 13.2 Å². The van der Waals surface area contributed by atoms with Crippen molar-refractivity contribution in [2.24, 2.45) is 5.41 Å².